The lowest BCUT2D eigenvalue weighted by Crippen LogP contribution is -2.28. The summed E-state index contributed by atoms with van der Waals surface area (Å²) in [5.74, 6) is -0.661. The molecule has 0 aromatic heterocycles. The number of nitrogens with zero attached hydrogens (tertiary/aromatic N) is 1. The number of carbonyl (C=O) groups excluding carboxylic acids is 1. The fourth-order valence-electron chi connectivity index (χ4n) is 2.09. The van der Waals surface area contributed by atoms with Gasteiger partial charge in [0, 0.05) is 12.1 Å². The van der Waals surface area contributed by atoms with Crippen molar-refractivity contribution in [3.05, 3.63) is 33.9 Å². The Morgan fingerprint density at radius 2 is 2.14 bits per heavy atom. The van der Waals surface area contributed by atoms with E-state index in [1.54, 1.807) is 11.8 Å². The molecule has 1 unspecified atom stereocenters. The van der Waals surface area contributed by atoms with Crippen LogP contribution in [-0.4, -0.2) is 32.9 Å². The minimum atomic E-state index is -1.31. The summed E-state index contributed by atoms with van der Waals surface area (Å²) in [6.45, 7) is 0. The number of carboxylic acids is 1. The number of hydrogen-bond donors (Lipinski definition) is 2. The standard InChI is InChI=1S/C13H14N2O5S/c16-12(11-3-1-2-6-21-11)14-10-5-4-8(15(19)20)7-9(10)13(17)18/h4-5,7,11H,1-3,6H2,(H,14,16)(H,17,18). The number of rotatable bonds is 4. The van der Waals surface area contributed by atoms with Crippen LogP contribution in [0.4, 0.5) is 11.4 Å². The first-order chi connectivity index (χ1) is 9.99. The zero-order valence-corrected chi connectivity index (χ0v) is 11.9. The van der Waals surface area contributed by atoms with Crippen LogP contribution < -0.4 is 5.32 Å². The van der Waals surface area contributed by atoms with E-state index in [0.717, 1.165) is 31.1 Å². The van der Waals surface area contributed by atoms with Gasteiger partial charge in [-0.3, -0.25) is 14.9 Å². The van der Waals surface area contributed by atoms with E-state index in [9.17, 15) is 19.7 Å². The van der Waals surface area contributed by atoms with E-state index in [2.05, 4.69) is 5.32 Å². The summed E-state index contributed by atoms with van der Waals surface area (Å²) in [5, 5.41) is 22.2. The first-order valence-electron chi connectivity index (χ1n) is 6.43. The molecule has 1 aromatic rings. The van der Waals surface area contributed by atoms with Gasteiger partial charge in [0.2, 0.25) is 5.91 Å². The van der Waals surface area contributed by atoms with Crippen molar-refractivity contribution < 1.29 is 19.6 Å². The lowest BCUT2D eigenvalue weighted by molar-refractivity contribution is -0.384. The molecular formula is C13H14N2O5S. The summed E-state index contributed by atoms with van der Waals surface area (Å²) in [4.78, 5) is 33.3. The fraction of sp³-hybridized carbons (Fsp3) is 0.385. The molecule has 112 valence electrons. The Kier molecular flexibility index (Phi) is 4.79. The minimum absolute atomic E-state index is 0.0873. The summed E-state index contributed by atoms with van der Waals surface area (Å²) in [6, 6.07) is 3.38. The Balaban J connectivity index is 2.20. The van der Waals surface area contributed by atoms with Gasteiger partial charge in [-0.15, -0.1) is 11.8 Å². The van der Waals surface area contributed by atoms with E-state index < -0.39 is 10.9 Å². The first kappa shape index (κ1) is 15.3. The van der Waals surface area contributed by atoms with Gasteiger partial charge in [0.1, 0.15) is 0 Å². The van der Waals surface area contributed by atoms with Crippen molar-refractivity contribution in [2.45, 2.75) is 24.5 Å². The number of nitro groups is 1. The van der Waals surface area contributed by atoms with Crippen LogP contribution in [0.5, 0.6) is 0 Å². The highest BCUT2D eigenvalue weighted by molar-refractivity contribution is 8.00. The molecule has 21 heavy (non-hydrogen) atoms. The fourth-order valence-corrected chi connectivity index (χ4v) is 3.29. The van der Waals surface area contributed by atoms with Crippen molar-refractivity contribution in [2.24, 2.45) is 0 Å². The highest BCUT2D eigenvalue weighted by Crippen LogP contribution is 2.28. The molecule has 0 aliphatic carbocycles. The van der Waals surface area contributed by atoms with E-state index >= 15 is 0 Å². The van der Waals surface area contributed by atoms with E-state index in [1.165, 1.54) is 12.1 Å². The number of aromatic carboxylic acids is 1. The van der Waals surface area contributed by atoms with Crippen LogP contribution in [0.2, 0.25) is 0 Å². The van der Waals surface area contributed by atoms with Gasteiger partial charge in [-0.1, -0.05) is 6.42 Å². The molecule has 1 fully saturated rings. The Morgan fingerprint density at radius 3 is 2.71 bits per heavy atom. The number of hydrogen-bond acceptors (Lipinski definition) is 5. The van der Waals surface area contributed by atoms with Crippen LogP contribution in [0, 0.1) is 10.1 Å². The molecule has 7 nitrogen and oxygen atoms in total. The van der Waals surface area contributed by atoms with Crippen LogP contribution in [0.3, 0.4) is 0 Å². The van der Waals surface area contributed by atoms with E-state index in [-0.39, 0.29) is 28.1 Å². The zero-order chi connectivity index (χ0) is 15.4. The monoisotopic (exact) mass is 310 g/mol. The second kappa shape index (κ2) is 6.57. The lowest BCUT2D eigenvalue weighted by atomic mass is 10.1. The van der Waals surface area contributed by atoms with Gasteiger partial charge >= 0.3 is 5.97 Å². The van der Waals surface area contributed by atoms with Crippen molar-refractivity contribution >= 4 is 35.0 Å². The Morgan fingerprint density at radius 1 is 1.38 bits per heavy atom. The van der Waals surface area contributed by atoms with Gasteiger partial charge in [-0.2, -0.15) is 0 Å². The highest BCUT2D eigenvalue weighted by atomic mass is 32.2. The first-order valence-corrected chi connectivity index (χ1v) is 7.48. The quantitative estimate of drug-likeness (QED) is 0.653. The molecule has 2 rings (SSSR count). The lowest BCUT2D eigenvalue weighted by Gasteiger charge is -2.20. The van der Waals surface area contributed by atoms with Crippen molar-refractivity contribution in [1.29, 1.82) is 0 Å². The van der Waals surface area contributed by atoms with Crippen molar-refractivity contribution in [1.82, 2.24) is 0 Å². The second-order valence-corrected chi connectivity index (χ2v) is 5.95. The molecule has 1 atom stereocenters. The normalized spacial score (nSPS) is 18.0. The van der Waals surface area contributed by atoms with Crippen LogP contribution in [-0.2, 0) is 4.79 Å². The molecule has 1 amide bonds. The highest BCUT2D eigenvalue weighted by Gasteiger charge is 2.24. The zero-order valence-electron chi connectivity index (χ0n) is 11.1. The molecule has 1 aliphatic rings. The van der Waals surface area contributed by atoms with E-state index in [1.807, 2.05) is 0 Å². The molecule has 0 saturated carbocycles. The molecule has 1 aromatic carbocycles. The summed E-state index contributed by atoms with van der Waals surface area (Å²) < 4.78 is 0. The Bertz CT molecular complexity index is 584. The number of carbonyl (C=O) groups is 2. The molecule has 1 heterocycles. The van der Waals surface area contributed by atoms with E-state index in [4.69, 9.17) is 5.11 Å². The number of carboxylic acid groups (broad SMARTS) is 1. The maximum atomic E-state index is 12.1. The maximum Gasteiger partial charge on any atom is 0.338 e. The van der Waals surface area contributed by atoms with Crippen LogP contribution in [0.1, 0.15) is 29.6 Å². The molecule has 8 heteroatoms. The summed E-state index contributed by atoms with van der Waals surface area (Å²) in [5.41, 5.74) is -0.514. The molecule has 0 spiro atoms. The molecule has 0 radical (unpaired) electrons. The summed E-state index contributed by atoms with van der Waals surface area (Å²) >= 11 is 1.55. The molecular weight excluding hydrogens is 296 g/mol. The Labute approximate surface area is 124 Å². The van der Waals surface area contributed by atoms with Gasteiger partial charge in [-0.05, 0) is 24.7 Å². The number of nitrogens with one attached hydrogen (secondary N) is 1. The van der Waals surface area contributed by atoms with Crippen LogP contribution >= 0.6 is 11.8 Å². The number of amides is 1. The van der Waals surface area contributed by atoms with Gasteiger partial charge in [0.05, 0.1) is 21.4 Å². The number of thioether (sulfide) groups is 1. The number of nitro benzene ring substituents is 1. The van der Waals surface area contributed by atoms with Crippen molar-refractivity contribution in [3.63, 3.8) is 0 Å². The smallest absolute Gasteiger partial charge is 0.338 e. The topological polar surface area (TPSA) is 110 Å². The summed E-state index contributed by atoms with van der Waals surface area (Å²) in [6.07, 6.45) is 2.80. The van der Waals surface area contributed by atoms with Gasteiger partial charge in [0.15, 0.2) is 0 Å². The second-order valence-electron chi connectivity index (χ2n) is 4.64. The third-order valence-corrected chi connectivity index (χ3v) is 4.55. The van der Waals surface area contributed by atoms with Gasteiger partial charge in [-0.25, -0.2) is 4.79 Å². The Hall–Kier alpha value is -2.09. The predicted octanol–water partition coefficient (Wildman–Crippen LogP) is 2.52. The molecule has 1 saturated heterocycles. The maximum absolute atomic E-state index is 12.1. The molecule has 2 N–H and O–H groups in total. The minimum Gasteiger partial charge on any atom is -0.478 e. The number of non-ortho nitro benzene ring substituents is 1. The van der Waals surface area contributed by atoms with Crippen LogP contribution in [0.15, 0.2) is 18.2 Å². The number of benzene rings is 1. The van der Waals surface area contributed by atoms with Crippen molar-refractivity contribution in [3.8, 4) is 0 Å². The van der Waals surface area contributed by atoms with Crippen LogP contribution in [0.25, 0.3) is 0 Å². The largest absolute Gasteiger partial charge is 0.478 e. The average Bonchev–Trinajstić information content (AvgIpc) is 2.48. The molecule has 0 bridgehead atoms. The average molecular weight is 310 g/mol. The van der Waals surface area contributed by atoms with Gasteiger partial charge in [0.25, 0.3) is 5.69 Å². The van der Waals surface area contributed by atoms with E-state index in [0.29, 0.717) is 0 Å². The third kappa shape index (κ3) is 3.72. The van der Waals surface area contributed by atoms with Crippen molar-refractivity contribution in [2.75, 3.05) is 11.1 Å². The van der Waals surface area contributed by atoms with Gasteiger partial charge < -0.3 is 10.4 Å². The SMILES string of the molecule is O=C(O)c1cc([N+](=O)[O-])ccc1NC(=O)C1CCCCS1. The molecule has 1 aliphatic heterocycles. The predicted molar refractivity (Wildman–Crippen MR) is 78.8 cm³/mol. The third-order valence-electron chi connectivity index (χ3n) is 3.17. The number of anilines is 1. The summed E-state index contributed by atoms with van der Waals surface area (Å²) in [7, 11) is 0.